The third-order valence-electron chi connectivity index (χ3n) is 9.13. The van der Waals surface area contributed by atoms with Crippen LogP contribution in [0.5, 0.6) is 0 Å². The summed E-state index contributed by atoms with van der Waals surface area (Å²) in [5.74, 6) is 0.501. The van der Waals surface area contributed by atoms with Crippen molar-refractivity contribution in [1.82, 2.24) is 4.90 Å². The summed E-state index contributed by atoms with van der Waals surface area (Å²) in [7, 11) is 0. The quantitative estimate of drug-likeness (QED) is 0.193. The van der Waals surface area contributed by atoms with Gasteiger partial charge < -0.3 is 0 Å². The average Bonchev–Trinajstić information content (AvgIpc) is 2.99. The van der Waals surface area contributed by atoms with Crippen LogP contribution in [0.2, 0.25) is 0 Å². The average molecular weight is 646 g/mol. The molecule has 8 heteroatoms. The molecule has 1 aliphatic heterocycles. The number of likely N-dealkylation sites (tertiary alicyclic amines) is 1. The molecule has 1 aliphatic rings. The molecule has 2 unspecified atom stereocenters. The molecule has 46 heavy (non-hydrogen) atoms. The predicted octanol–water partition coefficient (Wildman–Crippen LogP) is 11.5. The lowest BCUT2D eigenvalue weighted by molar-refractivity contribution is -0.138. The lowest BCUT2D eigenvalue weighted by Gasteiger charge is -2.39. The van der Waals surface area contributed by atoms with Crippen LogP contribution in [0, 0.1) is 11.8 Å². The summed E-state index contributed by atoms with van der Waals surface area (Å²) in [5.41, 5.74) is 2.80. The van der Waals surface area contributed by atoms with Gasteiger partial charge in [0, 0.05) is 18.5 Å². The number of piperidine rings is 1. The van der Waals surface area contributed by atoms with Gasteiger partial charge in [0.15, 0.2) is 0 Å². The normalized spacial score (nSPS) is 17.8. The number of hydrogen-bond acceptors (Lipinski definition) is 2. The van der Waals surface area contributed by atoms with Crippen molar-refractivity contribution in [2.45, 2.75) is 97.0 Å². The molecule has 0 bridgehead atoms. The summed E-state index contributed by atoms with van der Waals surface area (Å²) >= 11 is 0. The first-order chi connectivity index (χ1) is 21.5. The molecule has 0 spiro atoms. The first-order valence-corrected chi connectivity index (χ1v) is 16.3. The highest BCUT2D eigenvalue weighted by Crippen LogP contribution is 2.40. The van der Waals surface area contributed by atoms with Gasteiger partial charge in [0.2, 0.25) is 0 Å². The highest BCUT2D eigenvalue weighted by atomic mass is 19.4. The Morgan fingerprint density at radius 3 is 1.87 bits per heavy atom. The van der Waals surface area contributed by atoms with Crippen molar-refractivity contribution in [3.63, 3.8) is 0 Å². The Labute approximate surface area is 269 Å². The molecule has 0 radical (unpaired) electrons. The van der Waals surface area contributed by atoms with E-state index in [0.717, 1.165) is 78.7 Å². The number of Topliss-reactive ketones (excluding diaryl/α,β-unsaturated/α-hetero) is 1. The minimum Gasteiger partial charge on any atom is -0.299 e. The number of benzene rings is 3. The number of carbonyl (C=O) groups is 1. The topological polar surface area (TPSA) is 20.3 Å². The lowest BCUT2D eigenvalue weighted by atomic mass is 9.81. The number of carbonyl (C=O) groups excluding carboxylic acids is 1. The predicted molar refractivity (Wildman–Crippen MR) is 172 cm³/mol. The highest BCUT2D eigenvalue weighted by molar-refractivity contribution is 5.84. The molecule has 3 aromatic rings. The van der Waals surface area contributed by atoms with Crippen LogP contribution < -0.4 is 0 Å². The maximum absolute atomic E-state index is 13.3. The smallest absolute Gasteiger partial charge is 0.299 e. The van der Waals surface area contributed by atoms with E-state index >= 15 is 0 Å². The van der Waals surface area contributed by atoms with Gasteiger partial charge in [0.25, 0.3) is 0 Å². The Morgan fingerprint density at radius 1 is 0.761 bits per heavy atom. The second kappa shape index (κ2) is 14.7. The van der Waals surface area contributed by atoms with Crippen molar-refractivity contribution in [3.8, 4) is 11.1 Å². The molecule has 1 fully saturated rings. The van der Waals surface area contributed by atoms with Crippen LogP contribution in [0.1, 0.15) is 112 Å². The fourth-order valence-corrected chi connectivity index (χ4v) is 6.65. The van der Waals surface area contributed by atoms with E-state index in [0.29, 0.717) is 24.4 Å². The Morgan fingerprint density at radius 2 is 1.35 bits per heavy atom. The fourth-order valence-electron chi connectivity index (χ4n) is 6.65. The van der Waals surface area contributed by atoms with Crippen molar-refractivity contribution in [2.75, 3.05) is 13.1 Å². The maximum Gasteiger partial charge on any atom is 0.416 e. The Bertz CT molecular complexity index is 1440. The zero-order valence-corrected chi connectivity index (χ0v) is 27.3. The molecular weight excluding hydrogens is 600 g/mol. The summed E-state index contributed by atoms with van der Waals surface area (Å²) < 4.78 is 79.9. The number of ketones is 1. The Kier molecular flexibility index (Phi) is 11.4. The standard InChI is InChI=1S/C38H45F6NO/c1-24(2)8-17-36(28-11-15-34(16-12-28)38(42,43)44)45-18-6-7-29(23-45)31-20-30(27-9-13-33(14-10-27)37(39,40)41)21-32(22-31)35(26(5)46)19-25(3)4/h9-16,20-22,24-25,29,35-36H,6-8,17-19,23H2,1-5H3/t29?,35-,36?/m0/s1. The number of halogens is 6. The summed E-state index contributed by atoms with van der Waals surface area (Å²) in [6.07, 6.45) is -4.65. The lowest BCUT2D eigenvalue weighted by Crippen LogP contribution is -2.37. The van der Waals surface area contributed by atoms with E-state index < -0.39 is 23.5 Å². The molecule has 3 atom stereocenters. The van der Waals surface area contributed by atoms with Crippen LogP contribution in [0.3, 0.4) is 0 Å². The molecule has 0 saturated carbocycles. The summed E-state index contributed by atoms with van der Waals surface area (Å²) in [5, 5.41) is 0. The summed E-state index contributed by atoms with van der Waals surface area (Å²) in [6, 6.07) is 16.7. The molecule has 0 N–H and O–H groups in total. The first-order valence-electron chi connectivity index (χ1n) is 16.3. The Balaban J connectivity index is 1.72. The van der Waals surface area contributed by atoms with Crippen LogP contribution in [-0.2, 0) is 17.1 Å². The third-order valence-corrected chi connectivity index (χ3v) is 9.13. The monoisotopic (exact) mass is 645 g/mol. The van der Waals surface area contributed by atoms with Crippen molar-refractivity contribution < 1.29 is 31.1 Å². The van der Waals surface area contributed by atoms with Gasteiger partial charge in [-0.15, -0.1) is 0 Å². The van der Waals surface area contributed by atoms with Crippen LogP contribution >= 0.6 is 0 Å². The van der Waals surface area contributed by atoms with E-state index in [2.05, 4.69) is 38.7 Å². The van der Waals surface area contributed by atoms with Crippen molar-refractivity contribution >= 4 is 5.78 Å². The van der Waals surface area contributed by atoms with Crippen molar-refractivity contribution in [2.24, 2.45) is 11.8 Å². The SMILES string of the molecule is CC(=O)[C@H](CC(C)C)c1cc(-c2ccc(C(F)(F)F)cc2)cc(C2CCCN(C(CCC(C)C)c3ccc(C(F)(F)F)cc3)C2)c1. The van der Waals surface area contributed by atoms with Crippen LogP contribution in [-0.4, -0.2) is 23.8 Å². The maximum atomic E-state index is 13.3. The molecule has 0 aromatic heterocycles. The van der Waals surface area contributed by atoms with E-state index in [1.165, 1.54) is 12.1 Å². The van der Waals surface area contributed by atoms with Gasteiger partial charge in [-0.3, -0.25) is 9.69 Å². The van der Waals surface area contributed by atoms with Crippen LogP contribution in [0.25, 0.3) is 11.1 Å². The van der Waals surface area contributed by atoms with Crippen LogP contribution in [0.4, 0.5) is 26.3 Å². The van der Waals surface area contributed by atoms with E-state index in [1.807, 2.05) is 12.1 Å². The van der Waals surface area contributed by atoms with E-state index in [1.54, 1.807) is 19.1 Å². The van der Waals surface area contributed by atoms with E-state index in [4.69, 9.17) is 0 Å². The molecule has 1 saturated heterocycles. The zero-order chi connectivity index (χ0) is 33.8. The molecule has 250 valence electrons. The van der Waals surface area contributed by atoms with Gasteiger partial charge >= 0.3 is 12.4 Å². The van der Waals surface area contributed by atoms with Gasteiger partial charge in [-0.1, -0.05) is 70.2 Å². The number of rotatable bonds is 11. The van der Waals surface area contributed by atoms with Gasteiger partial charge in [-0.05, 0) is 115 Å². The molecule has 0 aliphatic carbocycles. The van der Waals surface area contributed by atoms with Gasteiger partial charge in [-0.2, -0.15) is 26.3 Å². The third kappa shape index (κ3) is 9.24. The highest BCUT2D eigenvalue weighted by Gasteiger charge is 2.33. The minimum atomic E-state index is -4.44. The number of nitrogens with zero attached hydrogens (tertiary/aromatic N) is 1. The van der Waals surface area contributed by atoms with Crippen LogP contribution in [0.15, 0.2) is 66.7 Å². The number of hydrogen-bond donors (Lipinski definition) is 0. The second-order valence-electron chi connectivity index (χ2n) is 13.7. The summed E-state index contributed by atoms with van der Waals surface area (Å²) in [6.45, 7) is 11.5. The number of alkyl halides is 6. The first kappa shape index (κ1) is 35.7. The fraction of sp³-hybridized carbons (Fsp3) is 0.500. The molecule has 4 rings (SSSR count). The molecule has 1 heterocycles. The largest absolute Gasteiger partial charge is 0.416 e. The molecular formula is C38H45F6NO. The van der Waals surface area contributed by atoms with E-state index in [-0.39, 0.29) is 29.6 Å². The minimum absolute atomic E-state index is 0.0454. The zero-order valence-electron chi connectivity index (χ0n) is 27.3. The van der Waals surface area contributed by atoms with Gasteiger partial charge in [0.1, 0.15) is 5.78 Å². The Hall–Kier alpha value is -3.13. The summed E-state index contributed by atoms with van der Waals surface area (Å²) in [4.78, 5) is 15.3. The molecule has 2 nitrogen and oxygen atoms in total. The van der Waals surface area contributed by atoms with E-state index in [9.17, 15) is 31.1 Å². The van der Waals surface area contributed by atoms with Crippen molar-refractivity contribution in [1.29, 1.82) is 0 Å². The van der Waals surface area contributed by atoms with Crippen molar-refractivity contribution in [3.05, 3.63) is 94.5 Å². The second-order valence-corrected chi connectivity index (χ2v) is 13.7. The van der Waals surface area contributed by atoms with Gasteiger partial charge in [0.05, 0.1) is 11.1 Å². The van der Waals surface area contributed by atoms with Gasteiger partial charge in [-0.25, -0.2) is 0 Å². The molecule has 3 aromatic carbocycles. The molecule has 0 amide bonds.